The van der Waals surface area contributed by atoms with Crippen molar-refractivity contribution >= 4 is 5.82 Å². The molecule has 2 aromatic rings. The summed E-state index contributed by atoms with van der Waals surface area (Å²) in [5.74, 6) is 5.93. The van der Waals surface area contributed by atoms with Crippen molar-refractivity contribution in [2.75, 3.05) is 11.6 Å². The van der Waals surface area contributed by atoms with E-state index in [1.807, 2.05) is 11.6 Å². The molecule has 0 fully saturated rings. The van der Waals surface area contributed by atoms with Crippen LogP contribution >= 0.6 is 0 Å². The second kappa shape index (κ2) is 2.51. The van der Waals surface area contributed by atoms with Gasteiger partial charge in [0.2, 0.25) is 0 Å². The van der Waals surface area contributed by atoms with Gasteiger partial charge < -0.3 is 16.1 Å². The number of nitrogens with zero attached hydrogens (tertiary/aromatic N) is 4. The smallest absolute Gasteiger partial charge is 0.152 e. The number of hydrogen-bond acceptors (Lipinski definition) is 4. The van der Waals surface area contributed by atoms with Crippen molar-refractivity contribution in [2.45, 2.75) is 0 Å². The Hall–Kier alpha value is -1.98. The van der Waals surface area contributed by atoms with E-state index < -0.39 is 0 Å². The molecule has 0 aromatic carbocycles. The minimum atomic E-state index is 0.434. The molecule has 0 aliphatic heterocycles. The summed E-state index contributed by atoms with van der Waals surface area (Å²) in [7, 11) is 1.87. The molecule has 0 saturated carbocycles. The SMILES string of the molecule is Cn1cncc1-c1ncn(N)c1N. The molecular weight excluding hydrogens is 168 g/mol. The molecule has 0 bridgehead atoms. The van der Waals surface area contributed by atoms with Crippen LogP contribution in [0.15, 0.2) is 18.9 Å². The van der Waals surface area contributed by atoms with Crippen molar-refractivity contribution in [3.05, 3.63) is 18.9 Å². The molecule has 0 unspecified atom stereocenters. The zero-order chi connectivity index (χ0) is 9.42. The first-order chi connectivity index (χ1) is 6.20. The molecule has 0 atom stereocenters. The molecule has 2 rings (SSSR count). The Balaban J connectivity index is 2.59. The summed E-state index contributed by atoms with van der Waals surface area (Å²) in [5, 5.41) is 0. The molecule has 13 heavy (non-hydrogen) atoms. The summed E-state index contributed by atoms with van der Waals surface area (Å²) in [4.78, 5) is 8.04. The Morgan fingerprint density at radius 2 is 2.15 bits per heavy atom. The van der Waals surface area contributed by atoms with Crippen molar-refractivity contribution in [3.63, 3.8) is 0 Å². The summed E-state index contributed by atoms with van der Waals surface area (Å²) in [6.45, 7) is 0. The van der Waals surface area contributed by atoms with Gasteiger partial charge in [-0.25, -0.2) is 14.6 Å². The third-order valence-electron chi connectivity index (χ3n) is 1.89. The van der Waals surface area contributed by atoms with Gasteiger partial charge >= 0.3 is 0 Å². The van der Waals surface area contributed by atoms with Gasteiger partial charge in [0.05, 0.1) is 18.2 Å². The molecule has 0 aliphatic rings. The van der Waals surface area contributed by atoms with E-state index in [-0.39, 0.29) is 0 Å². The van der Waals surface area contributed by atoms with E-state index in [1.54, 1.807) is 12.5 Å². The molecular formula is C7H10N6. The molecule has 0 radical (unpaired) electrons. The third-order valence-corrected chi connectivity index (χ3v) is 1.89. The molecule has 2 heterocycles. The van der Waals surface area contributed by atoms with Crippen LogP contribution in [0.3, 0.4) is 0 Å². The molecule has 2 aromatic heterocycles. The van der Waals surface area contributed by atoms with Crippen molar-refractivity contribution < 1.29 is 0 Å². The fourth-order valence-electron chi connectivity index (χ4n) is 1.15. The van der Waals surface area contributed by atoms with Crippen LogP contribution in [0.4, 0.5) is 5.82 Å². The number of nitrogen functional groups attached to an aromatic ring is 2. The largest absolute Gasteiger partial charge is 0.382 e. The van der Waals surface area contributed by atoms with Gasteiger partial charge in [-0.2, -0.15) is 0 Å². The van der Waals surface area contributed by atoms with Gasteiger partial charge in [0, 0.05) is 7.05 Å². The minimum absolute atomic E-state index is 0.434. The highest BCUT2D eigenvalue weighted by Crippen LogP contribution is 2.21. The van der Waals surface area contributed by atoms with Crippen LogP contribution in [0.2, 0.25) is 0 Å². The number of anilines is 1. The van der Waals surface area contributed by atoms with E-state index in [4.69, 9.17) is 11.6 Å². The van der Waals surface area contributed by atoms with Gasteiger partial charge in [0.1, 0.15) is 12.0 Å². The minimum Gasteiger partial charge on any atom is -0.382 e. The normalized spacial score (nSPS) is 10.5. The van der Waals surface area contributed by atoms with Crippen molar-refractivity contribution in [1.29, 1.82) is 0 Å². The van der Waals surface area contributed by atoms with Gasteiger partial charge in [0.25, 0.3) is 0 Å². The van der Waals surface area contributed by atoms with Crippen LogP contribution < -0.4 is 11.6 Å². The van der Waals surface area contributed by atoms with Crippen LogP contribution in [-0.2, 0) is 7.05 Å². The number of imidazole rings is 2. The monoisotopic (exact) mass is 178 g/mol. The molecule has 68 valence electrons. The van der Waals surface area contributed by atoms with E-state index in [0.29, 0.717) is 11.5 Å². The lowest BCUT2D eigenvalue weighted by Crippen LogP contribution is -2.10. The molecule has 6 nitrogen and oxygen atoms in total. The zero-order valence-electron chi connectivity index (χ0n) is 7.18. The topological polar surface area (TPSA) is 87.7 Å². The molecule has 0 saturated heterocycles. The Labute approximate surface area is 74.8 Å². The van der Waals surface area contributed by atoms with E-state index in [0.717, 1.165) is 5.69 Å². The Morgan fingerprint density at radius 3 is 2.62 bits per heavy atom. The predicted octanol–water partition coefficient (Wildman–Crippen LogP) is -0.420. The van der Waals surface area contributed by atoms with E-state index in [1.165, 1.54) is 11.0 Å². The van der Waals surface area contributed by atoms with E-state index in [9.17, 15) is 0 Å². The van der Waals surface area contributed by atoms with E-state index >= 15 is 0 Å². The van der Waals surface area contributed by atoms with Gasteiger partial charge in [-0.05, 0) is 0 Å². The highest BCUT2D eigenvalue weighted by molar-refractivity contribution is 5.66. The Kier molecular flexibility index (Phi) is 1.48. The molecule has 0 spiro atoms. The van der Waals surface area contributed by atoms with Crippen LogP contribution in [-0.4, -0.2) is 19.2 Å². The molecule has 0 amide bonds. The zero-order valence-corrected chi connectivity index (χ0v) is 7.18. The summed E-state index contributed by atoms with van der Waals surface area (Å²) in [6, 6.07) is 0. The van der Waals surface area contributed by atoms with Crippen LogP contribution in [0, 0.1) is 0 Å². The Bertz CT molecular complexity index is 426. The molecule has 4 N–H and O–H groups in total. The quantitative estimate of drug-likeness (QED) is 0.580. The fraction of sp³-hybridized carbons (Fsp3) is 0.143. The third kappa shape index (κ3) is 1.03. The van der Waals surface area contributed by atoms with Gasteiger partial charge in [0.15, 0.2) is 5.82 Å². The standard InChI is InChI=1S/C7H10N6/c1-12-3-10-2-5(12)6-7(8)13(9)4-11-6/h2-4H,8-9H2,1H3. The highest BCUT2D eigenvalue weighted by atomic mass is 15.3. The number of aryl methyl sites for hydroxylation is 1. The molecule has 6 heteroatoms. The van der Waals surface area contributed by atoms with Gasteiger partial charge in [-0.1, -0.05) is 0 Å². The predicted molar refractivity (Wildman–Crippen MR) is 49.0 cm³/mol. The lowest BCUT2D eigenvalue weighted by Gasteiger charge is -1.99. The van der Waals surface area contributed by atoms with Crippen LogP contribution in [0.25, 0.3) is 11.4 Å². The average molecular weight is 178 g/mol. The average Bonchev–Trinajstić information content (AvgIpc) is 2.62. The summed E-state index contributed by atoms with van der Waals surface area (Å²) >= 11 is 0. The molecule has 0 aliphatic carbocycles. The number of hydrogen-bond donors (Lipinski definition) is 2. The van der Waals surface area contributed by atoms with Crippen molar-refractivity contribution in [3.8, 4) is 11.4 Å². The first-order valence-electron chi connectivity index (χ1n) is 3.74. The second-order valence-corrected chi connectivity index (χ2v) is 2.78. The maximum absolute atomic E-state index is 5.70. The summed E-state index contributed by atoms with van der Waals surface area (Å²) in [5.41, 5.74) is 7.20. The van der Waals surface area contributed by atoms with Crippen molar-refractivity contribution in [2.24, 2.45) is 7.05 Å². The Morgan fingerprint density at radius 1 is 1.38 bits per heavy atom. The number of rotatable bonds is 1. The fourth-order valence-corrected chi connectivity index (χ4v) is 1.15. The second-order valence-electron chi connectivity index (χ2n) is 2.78. The summed E-state index contributed by atoms with van der Waals surface area (Å²) in [6.07, 6.45) is 4.85. The van der Waals surface area contributed by atoms with Crippen molar-refractivity contribution in [1.82, 2.24) is 19.2 Å². The number of aromatic nitrogens is 4. The van der Waals surface area contributed by atoms with E-state index in [2.05, 4.69) is 9.97 Å². The number of nitrogens with two attached hydrogens (primary N) is 2. The van der Waals surface area contributed by atoms with Gasteiger partial charge in [-0.3, -0.25) is 0 Å². The highest BCUT2D eigenvalue weighted by Gasteiger charge is 2.10. The lowest BCUT2D eigenvalue weighted by atomic mass is 10.3. The van der Waals surface area contributed by atoms with Crippen LogP contribution in [0.1, 0.15) is 0 Å². The summed E-state index contributed by atoms with van der Waals surface area (Å²) < 4.78 is 3.11. The maximum Gasteiger partial charge on any atom is 0.152 e. The maximum atomic E-state index is 5.70. The van der Waals surface area contributed by atoms with Crippen LogP contribution in [0.5, 0.6) is 0 Å². The lowest BCUT2D eigenvalue weighted by molar-refractivity contribution is 0.918. The first kappa shape index (κ1) is 7.66. The first-order valence-corrected chi connectivity index (χ1v) is 3.74. The van der Waals surface area contributed by atoms with Gasteiger partial charge in [-0.15, -0.1) is 0 Å².